The second-order valence-electron chi connectivity index (χ2n) is 5.55. The number of ether oxygens (including phenoxy) is 4. The van der Waals surface area contributed by atoms with Crippen molar-refractivity contribution in [2.45, 2.75) is 58.0 Å². The summed E-state index contributed by atoms with van der Waals surface area (Å²) < 4.78 is 20.4. The molecule has 0 saturated carbocycles. The Kier molecular flexibility index (Phi) is 7.67. The molecule has 1 atom stereocenters. The first-order valence-corrected chi connectivity index (χ1v) is 6.85. The summed E-state index contributed by atoms with van der Waals surface area (Å²) in [5.74, 6) is -2.43. The van der Waals surface area contributed by atoms with Gasteiger partial charge in [-0.15, -0.1) is 0 Å². The molecule has 0 unspecified atom stereocenters. The van der Waals surface area contributed by atoms with Gasteiger partial charge in [0.2, 0.25) is 0 Å². The van der Waals surface area contributed by atoms with E-state index in [1.54, 1.807) is 20.8 Å². The predicted molar refractivity (Wildman–Crippen MR) is 76.8 cm³/mol. The zero-order chi connectivity index (χ0) is 16.7. The molecule has 0 aromatic rings. The highest BCUT2D eigenvalue weighted by Crippen LogP contribution is 2.23. The molecule has 0 fully saturated rings. The van der Waals surface area contributed by atoms with Crippen LogP contribution in [0.15, 0.2) is 0 Å². The molecule has 0 saturated heterocycles. The lowest BCUT2D eigenvalue weighted by Gasteiger charge is -2.35. The van der Waals surface area contributed by atoms with Crippen LogP contribution in [0.1, 0.15) is 40.5 Å². The van der Waals surface area contributed by atoms with Crippen molar-refractivity contribution >= 4 is 12.1 Å². The number of rotatable bonds is 7. The first kappa shape index (κ1) is 19.7. The Bertz CT molecular complexity index is 346. The summed E-state index contributed by atoms with van der Waals surface area (Å²) in [4.78, 5) is 24.0. The van der Waals surface area contributed by atoms with E-state index in [9.17, 15) is 9.59 Å². The van der Waals surface area contributed by atoms with E-state index in [1.807, 2.05) is 6.92 Å². The van der Waals surface area contributed by atoms with Gasteiger partial charge in [-0.05, 0) is 27.2 Å². The number of amides is 1. The van der Waals surface area contributed by atoms with Crippen molar-refractivity contribution in [1.29, 1.82) is 0 Å². The molecule has 21 heavy (non-hydrogen) atoms. The summed E-state index contributed by atoms with van der Waals surface area (Å²) in [6.07, 6.45) is 0.505. The topological polar surface area (TPSA) is 83.1 Å². The minimum Gasteiger partial charge on any atom is -0.465 e. The average molecular weight is 305 g/mol. The van der Waals surface area contributed by atoms with Crippen LogP contribution >= 0.6 is 0 Å². The van der Waals surface area contributed by atoms with Gasteiger partial charge < -0.3 is 24.3 Å². The Balaban J connectivity index is 5.24. The van der Waals surface area contributed by atoms with Crippen LogP contribution in [0.2, 0.25) is 0 Å². The Hall–Kier alpha value is -1.34. The standard InChI is InChI=1S/C14H27NO6/c1-8-9-10(15-12(17)21-13(2,3)4)14(19-6,20-7)11(16)18-5/h10H,8-9H2,1-7H3,(H,15,17)/t10-/m0/s1. The number of hydrogen-bond donors (Lipinski definition) is 1. The number of esters is 1. The number of alkyl carbamates (subject to hydrolysis) is 1. The van der Waals surface area contributed by atoms with E-state index < -0.39 is 29.5 Å². The van der Waals surface area contributed by atoms with E-state index in [2.05, 4.69) is 5.32 Å². The van der Waals surface area contributed by atoms with Gasteiger partial charge in [-0.1, -0.05) is 13.3 Å². The number of nitrogens with one attached hydrogen (secondary N) is 1. The maximum absolute atomic E-state index is 12.0. The Morgan fingerprint density at radius 2 is 1.62 bits per heavy atom. The third kappa shape index (κ3) is 5.51. The van der Waals surface area contributed by atoms with E-state index in [4.69, 9.17) is 18.9 Å². The summed E-state index contributed by atoms with van der Waals surface area (Å²) in [5.41, 5.74) is -0.644. The second-order valence-corrected chi connectivity index (χ2v) is 5.55. The van der Waals surface area contributed by atoms with E-state index in [0.717, 1.165) is 0 Å². The van der Waals surface area contributed by atoms with Crippen LogP contribution in [0.5, 0.6) is 0 Å². The van der Waals surface area contributed by atoms with Gasteiger partial charge in [0, 0.05) is 14.2 Å². The van der Waals surface area contributed by atoms with Gasteiger partial charge in [-0.2, -0.15) is 0 Å². The fourth-order valence-electron chi connectivity index (χ4n) is 1.91. The molecule has 1 amide bonds. The SMILES string of the molecule is CCC[C@H](NC(=O)OC(C)(C)C)C(OC)(OC)C(=O)OC. The number of methoxy groups -OCH3 is 3. The molecule has 0 aliphatic rings. The lowest BCUT2D eigenvalue weighted by atomic mass is 10.0. The normalized spacial score (nSPS) is 13.5. The first-order valence-electron chi connectivity index (χ1n) is 6.85. The van der Waals surface area contributed by atoms with Crippen LogP contribution in [-0.4, -0.2) is 50.8 Å². The smallest absolute Gasteiger partial charge is 0.408 e. The molecule has 0 aliphatic carbocycles. The fraction of sp³-hybridized carbons (Fsp3) is 0.857. The largest absolute Gasteiger partial charge is 0.465 e. The summed E-state index contributed by atoms with van der Waals surface area (Å²) in [7, 11) is 3.87. The van der Waals surface area contributed by atoms with E-state index >= 15 is 0 Å². The van der Waals surface area contributed by atoms with Gasteiger partial charge in [-0.3, -0.25) is 0 Å². The van der Waals surface area contributed by atoms with Crippen LogP contribution in [-0.2, 0) is 23.7 Å². The molecule has 0 spiro atoms. The van der Waals surface area contributed by atoms with Gasteiger partial charge in [0.05, 0.1) is 13.2 Å². The second kappa shape index (κ2) is 8.19. The maximum atomic E-state index is 12.0. The molecule has 0 radical (unpaired) electrons. The van der Waals surface area contributed by atoms with Gasteiger partial charge >= 0.3 is 12.1 Å². The number of carbonyl (C=O) groups is 2. The van der Waals surface area contributed by atoms with Gasteiger partial charge in [-0.25, -0.2) is 9.59 Å². The first-order chi connectivity index (χ1) is 9.66. The van der Waals surface area contributed by atoms with E-state index in [0.29, 0.717) is 12.8 Å². The lowest BCUT2D eigenvalue weighted by molar-refractivity contribution is -0.239. The molecule has 0 bridgehead atoms. The molecule has 7 heteroatoms. The molecule has 0 rings (SSSR count). The van der Waals surface area contributed by atoms with Crippen molar-refractivity contribution in [3.05, 3.63) is 0 Å². The Morgan fingerprint density at radius 3 is 1.95 bits per heavy atom. The van der Waals surface area contributed by atoms with Crippen molar-refractivity contribution in [1.82, 2.24) is 5.32 Å². The third-order valence-electron chi connectivity index (χ3n) is 2.80. The Labute approximate surface area is 126 Å². The molecule has 1 N–H and O–H groups in total. The highest BCUT2D eigenvalue weighted by Gasteiger charge is 2.49. The molecule has 0 aliphatic heterocycles. The minimum absolute atomic E-state index is 0.454. The predicted octanol–water partition coefficient (Wildman–Crippen LogP) is 1.84. The van der Waals surface area contributed by atoms with Crippen molar-refractivity contribution < 1.29 is 28.5 Å². The number of carbonyl (C=O) groups excluding carboxylic acids is 2. The van der Waals surface area contributed by atoms with Crippen molar-refractivity contribution in [2.24, 2.45) is 0 Å². The third-order valence-corrected chi connectivity index (χ3v) is 2.80. The van der Waals surface area contributed by atoms with Gasteiger partial charge in [0.1, 0.15) is 5.60 Å². The zero-order valence-electron chi connectivity index (χ0n) is 13.9. The highest BCUT2D eigenvalue weighted by molar-refractivity contribution is 5.80. The van der Waals surface area contributed by atoms with E-state index in [-0.39, 0.29) is 0 Å². The lowest BCUT2D eigenvalue weighted by Crippen LogP contribution is -2.60. The maximum Gasteiger partial charge on any atom is 0.408 e. The quantitative estimate of drug-likeness (QED) is 0.571. The van der Waals surface area contributed by atoms with E-state index in [1.165, 1.54) is 21.3 Å². The van der Waals surface area contributed by atoms with Crippen LogP contribution in [0, 0.1) is 0 Å². The molecule has 0 aromatic carbocycles. The Morgan fingerprint density at radius 1 is 1.10 bits per heavy atom. The highest BCUT2D eigenvalue weighted by atomic mass is 16.7. The van der Waals surface area contributed by atoms with Crippen LogP contribution in [0.25, 0.3) is 0 Å². The van der Waals surface area contributed by atoms with Crippen LogP contribution in [0.4, 0.5) is 4.79 Å². The summed E-state index contributed by atoms with van der Waals surface area (Å²) in [6.45, 7) is 7.17. The zero-order valence-corrected chi connectivity index (χ0v) is 13.9. The van der Waals surface area contributed by atoms with Crippen molar-refractivity contribution in [2.75, 3.05) is 21.3 Å². The average Bonchev–Trinajstić information content (AvgIpc) is 2.38. The van der Waals surface area contributed by atoms with Gasteiger partial charge in [0.15, 0.2) is 0 Å². The molecular weight excluding hydrogens is 278 g/mol. The van der Waals surface area contributed by atoms with Gasteiger partial charge in [0.25, 0.3) is 5.79 Å². The molecule has 0 aromatic heterocycles. The van der Waals surface area contributed by atoms with Crippen LogP contribution < -0.4 is 5.32 Å². The number of hydrogen-bond acceptors (Lipinski definition) is 6. The summed E-state index contributed by atoms with van der Waals surface area (Å²) in [6, 6.07) is -0.736. The summed E-state index contributed by atoms with van der Waals surface area (Å²) in [5, 5.41) is 2.62. The molecule has 7 nitrogen and oxygen atoms in total. The summed E-state index contributed by atoms with van der Waals surface area (Å²) >= 11 is 0. The molecule has 124 valence electrons. The minimum atomic E-state index is -1.71. The molecular formula is C14H27NO6. The van der Waals surface area contributed by atoms with Crippen molar-refractivity contribution in [3.63, 3.8) is 0 Å². The van der Waals surface area contributed by atoms with Crippen molar-refractivity contribution in [3.8, 4) is 0 Å². The van der Waals surface area contributed by atoms with Crippen LogP contribution in [0.3, 0.4) is 0 Å². The fourth-order valence-corrected chi connectivity index (χ4v) is 1.91. The monoisotopic (exact) mass is 305 g/mol. The molecule has 0 heterocycles.